The van der Waals surface area contributed by atoms with E-state index in [1.165, 1.54) is 6.07 Å². The van der Waals surface area contributed by atoms with Crippen LogP contribution < -0.4 is 16.8 Å². The third kappa shape index (κ3) is 3.26. The average Bonchev–Trinajstić information content (AvgIpc) is 2.66. The van der Waals surface area contributed by atoms with Crippen molar-refractivity contribution in [2.24, 2.45) is 5.73 Å². The van der Waals surface area contributed by atoms with Crippen molar-refractivity contribution in [3.63, 3.8) is 0 Å². The van der Waals surface area contributed by atoms with Crippen molar-refractivity contribution in [3.8, 4) is 0 Å². The first-order valence-electron chi connectivity index (χ1n) is 8.10. The molecule has 0 spiro atoms. The van der Waals surface area contributed by atoms with Crippen LogP contribution in [-0.4, -0.2) is 26.6 Å². The summed E-state index contributed by atoms with van der Waals surface area (Å²) >= 11 is 0. The quantitative estimate of drug-likeness (QED) is 0.313. The molecule has 0 amide bonds. The Morgan fingerprint density at radius 1 is 1.04 bits per heavy atom. The highest BCUT2D eigenvalue weighted by Crippen LogP contribution is 2.28. The Kier molecular flexibility index (Phi) is 4.92. The lowest BCUT2D eigenvalue weighted by molar-refractivity contribution is 0.608. The molecule has 0 saturated heterocycles. The molecule has 0 heterocycles. The van der Waals surface area contributed by atoms with Crippen LogP contribution in [-0.2, 0) is 9.84 Å². The van der Waals surface area contributed by atoms with Gasteiger partial charge in [-0.05, 0) is 29.7 Å². The third-order valence-electron chi connectivity index (χ3n) is 4.08. The van der Waals surface area contributed by atoms with Crippen molar-refractivity contribution in [2.45, 2.75) is 4.90 Å². The van der Waals surface area contributed by atoms with E-state index in [9.17, 15) is 8.42 Å². The zero-order valence-electron chi connectivity index (χ0n) is 14.1. The molecule has 0 aliphatic rings. The number of nitrogens with one attached hydrogen (secondary N) is 2. The summed E-state index contributed by atoms with van der Waals surface area (Å²) in [5.74, 6) is 0. The topological polar surface area (TPSA) is 122 Å². The standard InChI is InChI=1S/C19H20N4O2S/c20-10-11-23-14-8-9-17(21)16(12-14)19(22)26(24,25)18-7-3-5-13-4-1-2-6-15(13)18/h1-9,12,22-23H,10-11,20-21H2. The highest BCUT2D eigenvalue weighted by molar-refractivity contribution is 8.07. The minimum absolute atomic E-state index is 0.0975. The first-order valence-corrected chi connectivity index (χ1v) is 9.58. The van der Waals surface area contributed by atoms with Gasteiger partial charge in [-0.1, -0.05) is 36.4 Å². The molecule has 3 aromatic rings. The molecule has 6 N–H and O–H groups in total. The summed E-state index contributed by atoms with van der Waals surface area (Å²) in [6.45, 7) is 0.970. The van der Waals surface area contributed by atoms with Crippen LogP contribution in [0.1, 0.15) is 5.56 Å². The smallest absolute Gasteiger partial charge is 0.224 e. The monoisotopic (exact) mass is 368 g/mol. The number of fused-ring (bicyclic) bond motifs is 1. The zero-order chi connectivity index (χ0) is 18.7. The normalized spacial score (nSPS) is 11.4. The first-order chi connectivity index (χ1) is 12.4. The predicted molar refractivity (Wildman–Crippen MR) is 106 cm³/mol. The van der Waals surface area contributed by atoms with Crippen LogP contribution >= 0.6 is 0 Å². The van der Waals surface area contributed by atoms with E-state index in [2.05, 4.69) is 5.32 Å². The number of rotatable bonds is 5. The SMILES string of the molecule is N=C(c1cc(NCCN)ccc1N)S(=O)(=O)c1cccc2ccccc12. The second kappa shape index (κ2) is 7.15. The average molecular weight is 368 g/mol. The number of nitrogens with two attached hydrogens (primary N) is 2. The lowest BCUT2D eigenvalue weighted by Crippen LogP contribution is -2.18. The molecule has 0 unspecified atom stereocenters. The third-order valence-corrected chi connectivity index (χ3v) is 5.77. The number of hydrogen-bond acceptors (Lipinski definition) is 6. The molecule has 0 atom stereocenters. The Labute approximate surface area is 152 Å². The molecule has 0 fully saturated rings. The van der Waals surface area contributed by atoms with Gasteiger partial charge in [0.1, 0.15) is 0 Å². The molecule has 0 saturated carbocycles. The fourth-order valence-corrected chi connectivity index (χ4v) is 4.18. The van der Waals surface area contributed by atoms with Gasteiger partial charge in [0.25, 0.3) is 0 Å². The maximum Gasteiger partial charge on any atom is 0.224 e. The van der Waals surface area contributed by atoms with E-state index in [0.29, 0.717) is 24.2 Å². The van der Waals surface area contributed by atoms with E-state index in [-0.39, 0.29) is 16.1 Å². The lowest BCUT2D eigenvalue weighted by Gasteiger charge is -2.13. The summed E-state index contributed by atoms with van der Waals surface area (Å²) in [6.07, 6.45) is 0. The molecule has 0 bridgehead atoms. The van der Waals surface area contributed by atoms with Gasteiger partial charge in [-0.3, -0.25) is 5.41 Å². The summed E-state index contributed by atoms with van der Waals surface area (Å²) in [6, 6.07) is 17.1. The van der Waals surface area contributed by atoms with Gasteiger partial charge in [0, 0.05) is 35.4 Å². The Hall–Kier alpha value is -2.90. The van der Waals surface area contributed by atoms with Gasteiger partial charge in [-0.25, -0.2) is 8.42 Å². The molecular formula is C19H20N4O2S. The molecule has 3 rings (SSSR count). The van der Waals surface area contributed by atoms with Crippen molar-refractivity contribution < 1.29 is 8.42 Å². The second-order valence-corrected chi connectivity index (χ2v) is 7.68. The van der Waals surface area contributed by atoms with E-state index in [1.54, 1.807) is 36.4 Å². The molecule has 134 valence electrons. The Balaban J connectivity index is 2.09. The van der Waals surface area contributed by atoms with Crippen molar-refractivity contribution in [1.82, 2.24) is 0 Å². The van der Waals surface area contributed by atoms with E-state index in [0.717, 1.165) is 5.39 Å². The van der Waals surface area contributed by atoms with Crippen LogP contribution in [0.25, 0.3) is 10.8 Å². The number of benzene rings is 3. The highest BCUT2D eigenvalue weighted by Gasteiger charge is 2.26. The van der Waals surface area contributed by atoms with Crippen LogP contribution in [0.2, 0.25) is 0 Å². The summed E-state index contributed by atoms with van der Waals surface area (Å²) in [4.78, 5) is 0.0975. The summed E-state index contributed by atoms with van der Waals surface area (Å²) in [5.41, 5.74) is 12.5. The first kappa shape index (κ1) is 17.9. The zero-order valence-corrected chi connectivity index (χ0v) is 14.9. The van der Waals surface area contributed by atoms with Crippen LogP contribution in [0, 0.1) is 5.41 Å². The van der Waals surface area contributed by atoms with Gasteiger partial charge in [0.05, 0.1) is 4.90 Å². The molecule has 26 heavy (non-hydrogen) atoms. The lowest BCUT2D eigenvalue weighted by atomic mass is 10.1. The number of sulfone groups is 1. The summed E-state index contributed by atoms with van der Waals surface area (Å²) < 4.78 is 26.2. The summed E-state index contributed by atoms with van der Waals surface area (Å²) in [5, 5.41) is 12.3. The van der Waals surface area contributed by atoms with Gasteiger partial charge in [-0.2, -0.15) is 0 Å². The number of anilines is 2. The van der Waals surface area contributed by atoms with Gasteiger partial charge >= 0.3 is 0 Å². The number of nitrogen functional groups attached to an aromatic ring is 1. The van der Waals surface area contributed by atoms with Crippen LogP contribution in [0.15, 0.2) is 65.6 Å². The van der Waals surface area contributed by atoms with Crippen molar-refractivity contribution >= 4 is 37.0 Å². The van der Waals surface area contributed by atoms with Crippen molar-refractivity contribution in [2.75, 3.05) is 24.1 Å². The Morgan fingerprint density at radius 3 is 2.54 bits per heavy atom. The molecule has 0 aromatic heterocycles. The molecule has 3 aromatic carbocycles. The van der Waals surface area contributed by atoms with E-state index < -0.39 is 14.9 Å². The predicted octanol–water partition coefficient (Wildman–Crippen LogP) is 2.59. The van der Waals surface area contributed by atoms with Gasteiger partial charge in [0.2, 0.25) is 9.84 Å². The van der Waals surface area contributed by atoms with Gasteiger partial charge < -0.3 is 16.8 Å². The minimum Gasteiger partial charge on any atom is -0.398 e. The van der Waals surface area contributed by atoms with E-state index >= 15 is 0 Å². The van der Waals surface area contributed by atoms with Gasteiger partial charge in [0.15, 0.2) is 5.04 Å². The van der Waals surface area contributed by atoms with Crippen LogP contribution in [0.3, 0.4) is 0 Å². The van der Waals surface area contributed by atoms with Gasteiger partial charge in [-0.15, -0.1) is 0 Å². The number of hydrogen-bond donors (Lipinski definition) is 4. The Morgan fingerprint density at radius 2 is 1.77 bits per heavy atom. The fourth-order valence-electron chi connectivity index (χ4n) is 2.76. The largest absolute Gasteiger partial charge is 0.398 e. The van der Waals surface area contributed by atoms with Crippen molar-refractivity contribution in [1.29, 1.82) is 5.41 Å². The molecule has 0 aliphatic heterocycles. The molecular weight excluding hydrogens is 348 g/mol. The van der Waals surface area contributed by atoms with Crippen molar-refractivity contribution in [3.05, 3.63) is 66.2 Å². The van der Waals surface area contributed by atoms with Crippen LogP contribution in [0.5, 0.6) is 0 Å². The van der Waals surface area contributed by atoms with Crippen LogP contribution in [0.4, 0.5) is 11.4 Å². The molecule has 0 aliphatic carbocycles. The summed E-state index contributed by atoms with van der Waals surface area (Å²) in [7, 11) is -4.03. The maximum absolute atomic E-state index is 13.1. The molecule has 7 heteroatoms. The minimum atomic E-state index is -4.03. The van der Waals surface area contributed by atoms with E-state index in [1.807, 2.05) is 18.2 Å². The maximum atomic E-state index is 13.1. The molecule has 0 radical (unpaired) electrons. The Bertz CT molecular complexity index is 1070. The second-order valence-electron chi connectivity index (χ2n) is 5.83. The fraction of sp³-hybridized carbons (Fsp3) is 0.105. The molecule has 6 nitrogen and oxygen atoms in total. The highest BCUT2D eigenvalue weighted by atomic mass is 32.2. The van der Waals surface area contributed by atoms with E-state index in [4.69, 9.17) is 16.9 Å².